The minimum atomic E-state index is 0.246. The van der Waals surface area contributed by atoms with Gasteiger partial charge in [-0.05, 0) is 20.9 Å². The van der Waals surface area contributed by atoms with E-state index < -0.39 is 0 Å². The molecule has 0 saturated heterocycles. The van der Waals surface area contributed by atoms with E-state index in [-0.39, 0.29) is 5.84 Å². The number of hydrogen-bond acceptors (Lipinski definition) is 3. The van der Waals surface area contributed by atoms with Gasteiger partial charge in [-0.1, -0.05) is 5.16 Å². The summed E-state index contributed by atoms with van der Waals surface area (Å²) >= 11 is 0. The Hall–Kier alpha value is -0.770. The first-order valence-electron chi connectivity index (χ1n) is 3.24. The number of hydrogen-bond donors (Lipinski definition) is 2. The largest absolute Gasteiger partial charge is 0.409 e. The van der Waals surface area contributed by atoms with Crippen LogP contribution in [0, 0.1) is 0 Å². The molecule has 0 heterocycles. The summed E-state index contributed by atoms with van der Waals surface area (Å²) in [5.41, 5.74) is 5.27. The van der Waals surface area contributed by atoms with E-state index >= 15 is 0 Å². The molecule has 0 aliphatic heterocycles. The fourth-order valence-electron chi connectivity index (χ4n) is 0.470. The van der Waals surface area contributed by atoms with Gasteiger partial charge in [0.05, 0.1) is 6.54 Å². The second-order valence-electron chi connectivity index (χ2n) is 2.60. The summed E-state index contributed by atoms with van der Waals surface area (Å²) in [6.45, 7) is 4.60. The molecule has 0 unspecified atom stereocenters. The highest BCUT2D eigenvalue weighted by atomic mass is 16.4. The maximum atomic E-state index is 8.20. The SMILES string of the molecule is CC(C)N(C)C/C(N)=N/O. The van der Waals surface area contributed by atoms with Gasteiger partial charge >= 0.3 is 0 Å². The van der Waals surface area contributed by atoms with Crippen LogP contribution in [0.15, 0.2) is 5.16 Å². The highest BCUT2D eigenvalue weighted by molar-refractivity contribution is 5.81. The van der Waals surface area contributed by atoms with Crippen LogP contribution >= 0.6 is 0 Å². The molecule has 0 bridgehead atoms. The zero-order valence-electron chi connectivity index (χ0n) is 6.70. The lowest BCUT2D eigenvalue weighted by Crippen LogP contribution is -2.35. The predicted octanol–water partition coefficient (Wildman–Crippen LogP) is 0.0730. The van der Waals surface area contributed by atoms with Gasteiger partial charge in [-0.3, -0.25) is 4.90 Å². The first-order chi connectivity index (χ1) is 4.57. The quantitative estimate of drug-likeness (QED) is 0.256. The summed E-state index contributed by atoms with van der Waals surface area (Å²) in [6.07, 6.45) is 0. The van der Waals surface area contributed by atoms with E-state index in [9.17, 15) is 0 Å². The Bertz CT molecular complexity index is 122. The van der Waals surface area contributed by atoms with Crippen molar-refractivity contribution in [1.29, 1.82) is 0 Å². The molecule has 0 radical (unpaired) electrons. The van der Waals surface area contributed by atoms with Crippen molar-refractivity contribution < 1.29 is 5.21 Å². The minimum Gasteiger partial charge on any atom is -0.409 e. The van der Waals surface area contributed by atoms with Gasteiger partial charge in [-0.15, -0.1) is 0 Å². The molecule has 0 amide bonds. The van der Waals surface area contributed by atoms with Crippen molar-refractivity contribution in [2.75, 3.05) is 13.6 Å². The highest BCUT2D eigenvalue weighted by Gasteiger charge is 2.03. The van der Waals surface area contributed by atoms with Crippen molar-refractivity contribution in [2.24, 2.45) is 10.9 Å². The van der Waals surface area contributed by atoms with Crippen LogP contribution in [-0.2, 0) is 0 Å². The lowest BCUT2D eigenvalue weighted by Gasteiger charge is -2.19. The van der Waals surface area contributed by atoms with Crippen LogP contribution in [0.5, 0.6) is 0 Å². The summed E-state index contributed by atoms with van der Waals surface area (Å²) < 4.78 is 0. The molecule has 0 aliphatic rings. The van der Waals surface area contributed by atoms with Crippen molar-refractivity contribution in [2.45, 2.75) is 19.9 Å². The second-order valence-corrected chi connectivity index (χ2v) is 2.60. The van der Waals surface area contributed by atoms with E-state index in [0.717, 1.165) is 0 Å². The number of nitrogens with two attached hydrogens (primary N) is 1. The Morgan fingerprint density at radius 2 is 2.20 bits per heavy atom. The summed E-state index contributed by atoms with van der Waals surface area (Å²) in [6, 6.07) is 0.417. The van der Waals surface area contributed by atoms with E-state index in [4.69, 9.17) is 10.9 Å². The lowest BCUT2D eigenvalue weighted by molar-refractivity contribution is 0.291. The Morgan fingerprint density at radius 1 is 1.70 bits per heavy atom. The van der Waals surface area contributed by atoms with Crippen LogP contribution in [0.2, 0.25) is 0 Å². The molecule has 0 aromatic rings. The van der Waals surface area contributed by atoms with Gasteiger partial charge in [0, 0.05) is 6.04 Å². The van der Waals surface area contributed by atoms with Crippen LogP contribution in [0.3, 0.4) is 0 Å². The third kappa shape index (κ3) is 3.29. The summed E-state index contributed by atoms with van der Waals surface area (Å²) in [4.78, 5) is 1.98. The molecule has 10 heavy (non-hydrogen) atoms. The summed E-state index contributed by atoms with van der Waals surface area (Å²) in [5.74, 6) is 0.246. The Balaban J connectivity index is 3.68. The van der Waals surface area contributed by atoms with E-state index in [1.54, 1.807) is 0 Å². The number of amidine groups is 1. The minimum absolute atomic E-state index is 0.246. The molecule has 0 saturated carbocycles. The lowest BCUT2D eigenvalue weighted by atomic mass is 10.3. The molecular formula is C6H15N3O. The molecule has 0 rings (SSSR count). The molecule has 0 fully saturated rings. The van der Waals surface area contributed by atoms with Gasteiger partial charge in [0.1, 0.15) is 0 Å². The van der Waals surface area contributed by atoms with Gasteiger partial charge in [-0.25, -0.2) is 0 Å². The number of rotatable bonds is 3. The standard InChI is InChI=1S/C6H15N3O/c1-5(2)9(3)4-6(7)8-10/h5,10H,4H2,1-3H3,(H2,7,8). The third-order valence-electron chi connectivity index (χ3n) is 1.42. The monoisotopic (exact) mass is 145 g/mol. The van der Waals surface area contributed by atoms with Crippen molar-refractivity contribution >= 4 is 5.84 Å². The second kappa shape index (κ2) is 4.11. The fraction of sp³-hybridized carbons (Fsp3) is 0.833. The van der Waals surface area contributed by atoms with Crippen LogP contribution in [0.25, 0.3) is 0 Å². The van der Waals surface area contributed by atoms with Crippen LogP contribution in [0.4, 0.5) is 0 Å². The zero-order chi connectivity index (χ0) is 8.15. The first-order valence-corrected chi connectivity index (χ1v) is 3.24. The molecule has 0 aromatic heterocycles. The molecule has 0 aliphatic carbocycles. The van der Waals surface area contributed by atoms with E-state index in [1.807, 2.05) is 25.8 Å². The topological polar surface area (TPSA) is 61.8 Å². The highest BCUT2D eigenvalue weighted by Crippen LogP contribution is 1.91. The van der Waals surface area contributed by atoms with Crippen molar-refractivity contribution in [1.82, 2.24) is 4.90 Å². The van der Waals surface area contributed by atoms with Crippen molar-refractivity contribution in [3.63, 3.8) is 0 Å². The normalized spacial score (nSPS) is 13.1. The van der Waals surface area contributed by atoms with Crippen LogP contribution in [0.1, 0.15) is 13.8 Å². The van der Waals surface area contributed by atoms with Crippen LogP contribution < -0.4 is 5.73 Å². The third-order valence-corrected chi connectivity index (χ3v) is 1.42. The van der Waals surface area contributed by atoms with E-state index in [0.29, 0.717) is 12.6 Å². The molecule has 4 heteroatoms. The summed E-state index contributed by atoms with van der Waals surface area (Å²) in [7, 11) is 1.92. The molecule has 0 aromatic carbocycles. The van der Waals surface area contributed by atoms with Gasteiger partial charge < -0.3 is 10.9 Å². The van der Waals surface area contributed by atoms with Gasteiger partial charge in [0.2, 0.25) is 0 Å². The number of oxime groups is 1. The molecular weight excluding hydrogens is 130 g/mol. The zero-order valence-corrected chi connectivity index (χ0v) is 6.70. The molecule has 4 nitrogen and oxygen atoms in total. The van der Waals surface area contributed by atoms with Crippen molar-refractivity contribution in [3.8, 4) is 0 Å². The first kappa shape index (κ1) is 9.23. The predicted molar refractivity (Wildman–Crippen MR) is 41.2 cm³/mol. The van der Waals surface area contributed by atoms with E-state index in [1.165, 1.54) is 0 Å². The average Bonchev–Trinajstić information content (AvgIpc) is 1.87. The van der Waals surface area contributed by atoms with Gasteiger partial charge in [0.15, 0.2) is 5.84 Å². The maximum Gasteiger partial charge on any atom is 0.153 e. The molecule has 3 N–H and O–H groups in total. The van der Waals surface area contributed by atoms with Gasteiger partial charge in [0.25, 0.3) is 0 Å². The fourth-order valence-corrected chi connectivity index (χ4v) is 0.470. The number of likely N-dealkylation sites (N-methyl/N-ethyl adjacent to an activating group) is 1. The number of nitrogens with zero attached hydrogens (tertiary/aromatic N) is 2. The molecule has 0 spiro atoms. The Labute approximate surface area is 61.3 Å². The average molecular weight is 145 g/mol. The summed E-state index contributed by atoms with van der Waals surface area (Å²) in [5, 5.41) is 11.1. The van der Waals surface area contributed by atoms with E-state index in [2.05, 4.69) is 5.16 Å². The smallest absolute Gasteiger partial charge is 0.153 e. The molecule has 60 valence electrons. The Kier molecular flexibility index (Phi) is 3.79. The maximum absolute atomic E-state index is 8.20. The molecule has 0 atom stereocenters. The van der Waals surface area contributed by atoms with Crippen molar-refractivity contribution in [3.05, 3.63) is 0 Å². The Morgan fingerprint density at radius 3 is 2.50 bits per heavy atom. The van der Waals surface area contributed by atoms with Gasteiger partial charge in [-0.2, -0.15) is 0 Å². The van der Waals surface area contributed by atoms with Crippen LogP contribution in [-0.4, -0.2) is 35.6 Å².